The van der Waals surface area contributed by atoms with E-state index in [1.165, 1.54) is 7.11 Å². The highest BCUT2D eigenvalue weighted by atomic mass is 19.4. The summed E-state index contributed by atoms with van der Waals surface area (Å²) in [4.78, 5) is 0. The average Bonchev–Trinajstić information content (AvgIpc) is 3.36. The van der Waals surface area contributed by atoms with Crippen molar-refractivity contribution in [2.75, 3.05) is 26.9 Å². The Morgan fingerprint density at radius 2 is 2.13 bits per heavy atom. The largest absolute Gasteiger partial charge is 0.510 e. The van der Waals surface area contributed by atoms with Gasteiger partial charge in [0.15, 0.2) is 0 Å². The van der Waals surface area contributed by atoms with Crippen LogP contribution in [0, 0.1) is 5.92 Å². The van der Waals surface area contributed by atoms with E-state index in [4.69, 9.17) is 14.2 Å². The average molecular weight is 338 g/mol. The van der Waals surface area contributed by atoms with Crippen LogP contribution >= 0.6 is 0 Å². The molecular formula is C15H21F3O5. The van der Waals surface area contributed by atoms with Gasteiger partial charge in [0.1, 0.15) is 29.7 Å². The van der Waals surface area contributed by atoms with Gasteiger partial charge in [0.2, 0.25) is 0 Å². The highest BCUT2D eigenvalue weighted by molar-refractivity contribution is 5.26. The van der Waals surface area contributed by atoms with Crippen LogP contribution in [0.15, 0.2) is 11.8 Å². The molecule has 1 aliphatic carbocycles. The molecule has 2 aliphatic heterocycles. The van der Waals surface area contributed by atoms with Crippen LogP contribution < -0.4 is 0 Å². The van der Waals surface area contributed by atoms with E-state index in [0.717, 1.165) is 0 Å². The van der Waals surface area contributed by atoms with E-state index in [-0.39, 0.29) is 24.4 Å². The molecule has 5 nitrogen and oxygen atoms in total. The Hall–Kier alpha value is -0.830. The minimum absolute atomic E-state index is 0.0280. The monoisotopic (exact) mass is 338 g/mol. The second-order valence-corrected chi connectivity index (χ2v) is 6.57. The van der Waals surface area contributed by atoms with Crippen LogP contribution in [0.2, 0.25) is 0 Å². The summed E-state index contributed by atoms with van der Waals surface area (Å²) in [5.41, 5.74) is -0.996. The normalized spacial score (nSPS) is 42.7. The Morgan fingerprint density at radius 3 is 2.70 bits per heavy atom. The molecular weight excluding hydrogens is 317 g/mol. The molecule has 1 spiro atoms. The molecule has 132 valence electrons. The van der Waals surface area contributed by atoms with Crippen LogP contribution in [0.1, 0.15) is 19.8 Å². The maximum Gasteiger partial charge on any atom is 0.411 e. The first-order chi connectivity index (χ1) is 10.7. The highest BCUT2D eigenvalue weighted by Gasteiger charge is 2.71. The van der Waals surface area contributed by atoms with Crippen molar-refractivity contribution in [2.45, 2.75) is 49.4 Å². The van der Waals surface area contributed by atoms with Gasteiger partial charge in [0.25, 0.3) is 0 Å². The molecule has 3 rings (SSSR count). The predicted molar refractivity (Wildman–Crippen MR) is 73.1 cm³/mol. The summed E-state index contributed by atoms with van der Waals surface area (Å²) in [7, 11) is 1.51. The summed E-state index contributed by atoms with van der Waals surface area (Å²) in [5.74, 6) is -0.0416. The predicted octanol–water partition coefficient (Wildman–Crippen LogP) is 2.36. The molecule has 1 N–H and O–H groups in total. The molecule has 23 heavy (non-hydrogen) atoms. The summed E-state index contributed by atoms with van der Waals surface area (Å²) >= 11 is 0. The van der Waals surface area contributed by atoms with Gasteiger partial charge in [-0.05, 0) is 19.4 Å². The van der Waals surface area contributed by atoms with Crippen molar-refractivity contribution in [3.05, 3.63) is 11.8 Å². The molecule has 0 saturated carbocycles. The van der Waals surface area contributed by atoms with Gasteiger partial charge in [-0.1, -0.05) is 0 Å². The van der Waals surface area contributed by atoms with Gasteiger partial charge in [0.05, 0.1) is 18.6 Å². The summed E-state index contributed by atoms with van der Waals surface area (Å²) in [6.45, 7) is 1.18. The first-order valence-electron chi connectivity index (χ1n) is 7.60. The molecule has 5 atom stereocenters. The quantitative estimate of drug-likeness (QED) is 0.595. The number of halogens is 3. The van der Waals surface area contributed by atoms with Crippen molar-refractivity contribution < 1.29 is 37.2 Å². The zero-order valence-corrected chi connectivity index (χ0v) is 13.1. The Labute approximate surface area is 132 Å². The topological polar surface area (TPSA) is 63.8 Å². The summed E-state index contributed by atoms with van der Waals surface area (Å²) in [6.07, 6.45) is -2.44. The van der Waals surface area contributed by atoms with E-state index >= 15 is 0 Å². The number of ether oxygens (including phenoxy) is 4. The van der Waals surface area contributed by atoms with Gasteiger partial charge < -0.3 is 24.1 Å². The van der Waals surface area contributed by atoms with Crippen LogP contribution in [-0.4, -0.2) is 61.6 Å². The second-order valence-electron chi connectivity index (χ2n) is 6.57. The second kappa shape index (κ2) is 5.61. The molecule has 1 unspecified atom stereocenters. The number of epoxide rings is 2. The Bertz CT molecular complexity index is 488. The maximum atomic E-state index is 12.1. The molecule has 0 aromatic heterocycles. The first-order valence-corrected chi connectivity index (χ1v) is 7.60. The fourth-order valence-corrected chi connectivity index (χ4v) is 3.71. The van der Waals surface area contributed by atoms with Gasteiger partial charge >= 0.3 is 6.18 Å². The zero-order valence-electron chi connectivity index (χ0n) is 13.1. The molecule has 2 fully saturated rings. The van der Waals surface area contributed by atoms with Crippen molar-refractivity contribution in [2.24, 2.45) is 5.92 Å². The minimum Gasteiger partial charge on any atom is -0.510 e. The van der Waals surface area contributed by atoms with Crippen LogP contribution in [0.5, 0.6) is 0 Å². The highest BCUT2D eigenvalue weighted by Crippen LogP contribution is 2.58. The van der Waals surface area contributed by atoms with Crippen molar-refractivity contribution in [1.82, 2.24) is 0 Å². The van der Waals surface area contributed by atoms with Gasteiger partial charge in [-0.15, -0.1) is 0 Å². The van der Waals surface area contributed by atoms with E-state index in [1.807, 2.05) is 6.92 Å². The van der Waals surface area contributed by atoms with Gasteiger partial charge in [0, 0.05) is 20.1 Å². The number of hydrogen-bond donors (Lipinski definition) is 1. The van der Waals surface area contributed by atoms with Gasteiger partial charge in [-0.2, -0.15) is 13.2 Å². The SMILES string of the molecule is CO[C@@H]1C(O)=CC[C@]2(CO2)[C@H]1C1(C)O[C@@H]1CCOCC(F)(F)F. The number of rotatable bonds is 6. The fourth-order valence-electron chi connectivity index (χ4n) is 3.71. The standard InChI is InChI=1S/C15H21F3O5/c1-13(10(23-13)4-6-21-8-15(16,17)18)12-11(20-2)9(19)3-5-14(12)7-22-14/h3,10-12,19H,4-8H2,1-2H3/t10-,11-,12-,13?,14+/m1/s1. The zero-order chi connectivity index (χ0) is 16.9. The number of hydrogen-bond acceptors (Lipinski definition) is 5. The molecule has 0 amide bonds. The maximum absolute atomic E-state index is 12.1. The van der Waals surface area contributed by atoms with Crippen molar-refractivity contribution >= 4 is 0 Å². The molecule has 0 radical (unpaired) electrons. The molecule has 3 aliphatic rings. The first kappa shape index (κ1) is 17.0. The number of alkyl halides is 3. The van der Waals surface area contributed by atoms with E-state index in [1.54, 1.807) is 6.08 Å². The molecule has 0 bridgehead atoms. The van der Waals surface area contributed by atoms with Crippen LogP contribution in [0.3, 0.4) is 0 Å². The molecule has 0 aromatic rings. The third-order valence-electron chi connectivity index (χ3n) is 4.97. The lowest BCUT2D eigenvalue weighted by Crippen LogP contribution is -2.49. The molecule has 2 heterocycles. The van der Waals surface area contributed by atoms with Crippen LogP contribution in [0.25, 0.3) is 0 Å². The van der Waals surface area contributed by atoms with Gasteiger partial charge in [-0.25, -0.2) is 0 Å². The Balaban J connectivity index is 1.59. The van der Waals surface area contributed by atoms with Crippen LogP contribution in [-0.2, 0) is 18.9 Å². The van der Waals surface area contributed by atoms with Crippen molar-refractivity contribution in [3.8, 4) is 0 Å². The Kier molecular flexibility index (Phi) is 4.15. The molecule has 2 saturated heterocycles. The van der Waals surface area contributed by atoms with E-state index in [2.05, 4.69) is 4.74 Å². The van der Waals surface area contributed by atoms with Crippen molar-refractivity contribution in [3.63, 3.8) is 0 Å². The third kappa shape index (κ3) is 3.22. The lowest BCUT2D eigenvalue weighted by Gasteiger charge is -2.36. The number of methoxy groups -OCH3 is 1. The Morgan fingerprint density at radius 1 is 1.43 bits per heavy atom. The lowest BCUT2D eigenvalue weighted by atomic mass is 9.71. The third-order valence-corrected chi connectivity index (χ3v) is 4.97. The fraction of sp³-hybridized carbons (Fsp3) is 0.867. The summed E-state index contributed by atoms with van der Waals surface area (Å²) < 4.78 is 57.6. The lowest BCUT2D eigenvalue weighted by molar-refractivity contribution is -0.174. The molecule has 0 aromatic carbocycles. The number of aliphatic hydroxyl groups is 1. The van der Waals surface area contributed by atoms with Crippen molar-refractivity contribution in [1.29, 1.82) is 0 Å². The van der Waals surface area contributed by atoms with Gasteiger partial charge in [-0.3, -0.25) is 0 Å². The smallest absolute Gasteiger partial charge is 0.411 e. The minimum atomic E-state index is -4.32. The summed E-state index contributed by atoms with van der Waals surface area (Å²) in [6, 6.07) is 0. The van der Waals surface area contributed by atoms with E-state index in [0.29, 0.717) is 19.4 Å². The van der Waals surface area contributed by atoms with E-state index < -0.39 is 30.1 Å². The van der Waals surface area contributed by atoms with E-state index in [9.17, 15) is 18.3 Å². The molecule has 8 heteroatoms. The van der Waals surface area contributed by atoms with Crippen LogP contribution in [0.4, 0.5) is 13.2 Å². The summed E-state index contributed by atoms with van der Waals surface area (Å²) in [5, 5.41) is 10.1. The number of aliphatic hydroxyl groups excluding tert-OH is 1.